The molecule has 236 valence electrons. The predicted molar refractivity (Wildman–Crippen MR) is 210 cm³/mol. The van der Waals surface area contributed by atoms with Crippen molar-refractivity contribution in [3.05, 3.63) is 164 Å². The third kappa shape index (κ3) is 4.23. The van der Waals surface area contributed by atoms with Crippen LogP contribution in [0.25, 0.3) is 110 Å². The van der Waals surface area contributed by atoms with Gasteiger partial charge in [-0.1, -0.05) is 146 Å². The van der Waals surface area contributed by atoms with Crippen LogP contribution in [0.15, 0.2) is 168 Å². The van der Waals surface area contributed by atoms with Gasteiger partial charge in [0.15, 0.2) is 17.5 Å². The van der Waals surface area contributed by atoms with E-state index in [2.05, 4.69) is 91.0 Å². The molecule has 0 aliphatic carbocycles. The second-order valence-electron chi connectivity index (χ2n) is 13.1. The van der Waals surface area contributed by atoms with Gasteiger partial charge in [-0.3, -0.25) is 0 Å². The smallest absolute Gasteiger partial charge is 0.164 e. The number of hydrogen-bond acceptors (Lipinski definition) is 4. The lowest BCUT2D eigenvalue weighted by molar-refractivity contribution is 0.669. The van der Waals surface area contributed by atoms with E-state index in [0.717, 1.165) is 44.2 Å². The fourth-order valence-electron chi connectivity index (χ4n) is 8.01. The molecule has 0 fully saturated rings. The SMILES string of the molecule is c1ccc(-c2nc(-c3ccccc3)nc(-c3cccc4oc5ccc(-c6ccc7c8cccc9cccc(c%10cccc6c%107)c98)cc5c34)n2)cc1. The molecule has 0 unspecified atom stereocenters. The molecule has 11 aromatic rings. The van der Waals surface area contributed by atoms with E-state index in [9.17, 15) is 0 Å². The highest BCUT2D eigenvalue weighted by Crippen LogP contribution is 2.44. The van der Waals surface area contributed by atoms with Crippen LogP contribution in [0.4, 0.5) is 0 Å². The van der Waals surface area contributed by atoms with Gasteiger partial charge < -0.3 is 4.42 Å². The van der Waals surface area contributed by atoms with E-state index in [1.54, 1.807) is 0 Å². The monoisotopic (exact) mass is 649 g/mol. The maximum atomic E-state index is 6.49. The second kappa shape index (κ2) is 10.8. The molecule has 11 rings (SSSR count). The van der Waals surface area contributed by atoms with Crippen molar-refractivity contribution < 1.29 is 4.42 Å². The molecule has 4 heteroatoms. The molecular weight excluding hydrogens is 623 g/mol. The Morgan fingerprint density at radius 2 is 0.902 bits per heavy atom. The van der Waals surface area contributed by atoms with Crippen molar-refractivity contribution >= 4 is 65.0 Å². The van der Waals surface area contributed by atoms with Crippen LogP contribution in [0.1, 0.15) is 0 Å². The van der Waals surface area contributed by atoms with Crippen molar-refractivity contribution in [3.8, 4) is 45.3 Å². The molecule has 0 bridgehead atoms. The van der Waals surface area contributed by atoms with Crippen LogP contribution >= 0.6 is 0 Å². The van der Waals surface area contributed by atoms with Crippen molar-refractivity contribution in [3.63, 3.8) is 0 Å². The number of aromatic nitrogens is 3. The predicted octanol–water partition coefficient (Wildman–Crippen LogP) is 12.5. The van der Waals surface area contributed by atoms with Crippen LogP contribution in [0.3, 0.4) is 0 Å². The Balaban J connectivity index is 1.15. The Morgan fingerprint density at radius 3 is 1.61 bits per heavy atom. The largest absolute Gasteiger partial charge is 0.456 e. The van der Waals surface area contributed by atoms with Crippen molar-refractivity contribution in [2.75, 3.05) is 0 Å². The highest BCUT2D eigenvalue weighted by atomic mass is 16.3. The summed E-state index contributed by atoms with van der Waals surface area (Å²) in [5, 5.41) is 12.3. The van der Waals surface area contributed by atoms with Crippen molar-refractivity contribution in [2.45, 2.75) is 0 Å². The third-order valence-electron chi connectivity index (χ3n) is 10.3. The lowest BCUT2D eigenvalue weighted by Gasteiger charge is -2.16. The van der Waals surface area contributed by atoms with Gasteiger partial charge in [-0.25, -0.2) is 15.0 Å². The summed E-state index contributed by atoms with van der Waals surface area (Å²) < 4.78 is 6.49. The summed E-state index contributed by atoms with van der Waals surface area (Å²) in [7, 11) is 0. The number of furan rings is 1. The number of benzene rings is 9. The molecule has 2 aromatic heterocycles. The zero-order valence-corrected chi connectivity index (χ0v) is 27.3. The molecule has 9 aromatic carbocycles. The molecule has 0 N–H and O–H groups in total. The van der Waals surface area contributed by atoms with Gasteiger partial charge >= 0.3 is 0 Å². The molecule has 0 aliphatic rings. The fraction of sp³-hybridized carbons (Fsp3) is 0. The van der Waals surface area contributed by atoms with E-state index in [-0.39, 0.29) is 0 Å². The highest BCUT2D eigenvalue weighted by molar-refractivity contribution is 6.34. The first-order valence-electron chi connectivity index (χ1n) is 17.2. The normalized spacial score (nSPS) is 11.9. The number of nitrogens with zero attached hydrogens (tertiary/aromatic N) is 3. The average Bonchev–Trinajstić information content (AvgIpc) is 3.58. The Morgan fingerprint density at radius 1 is 0.314 bits per heavy atom. The van der Waals surface area contributed by atoms with Crippen LogP contribution in [-0.2, 0) is 0 Å². The van der Waals surface area contributed by atoms with Gasteiger partial charge in [0.2, 0.25) is 0 Å². The minimum absolute atomic E-state index is 0.607. The van der Waals surface area contributed by atoms with Gasteiger partial charge in [0.1, 0.15) is 11.2 Å². The molecule has 0 saturated carbocycles. The molecule has 0 spiro atoms. The van der Waals surface area contributed by atoms with Crippen LogP contribution in [0.2, 0.25) is 0 Å². The summed E-state index contributed by atoms with van der Waals surface area (Å²) in [6.07, 6.45) is 0. The van der Waals surface area contributed by atoms with E-state index in [0.29, 0.717) is 17.5 Å². The molecular formula is C47H27N3O. The number of fused-ring (bicyclic) bond motifs is 5. The van der Waals surface area contributed by atoms with Gasteiger partial charge in [-0.2, -0.15) is 0 Å². The second-order valence-corrected chi connectivity index (χ2v) is 13.1. The minimum Gasteiger partial charge on any atom is -0.456 e. The van der Waals surface area contributed by atoms with Crippen LogP contribution in [-0.4, -0.2) is 15.0 Å². The van der Waals surface area contributed by atoms with Gasteiger partial charge in [-0.15, -0.1) is 0 Å². The standard InChI is InChI=1S/C47H27N3O/c1-3-11-29(12-4-1)45-48-46(30-13-5-2-6-14-30)50-47(49-45)38-21-10-22-41-44(38)39-27-31(23-26-40(39)51-41)32-24-25-37-35-18-8-16-28-15-7-17-34(42(28)35)36-20-9-19-33(32)43(36)37/h1-27H. The first-order chi connectivity index (χ1) is 25.3. The molecule has 0 amide bonds. The lowest BCUT2D eigenvalue weighted by atomic mass is 9.87. The van der Waals surface area contributed by atoms with Crippen LogP contribution < -0.4 is 0 Å². The molecule has 51 heavy (non-hydrogen) atoms. The zero-order chi connectivity index (χ0) is 33.5. The summed E-state index contributed by atoms with van der Waals surface area (Å²) >= 11 is 0. The van der Waals surface area contributed by atoms with Crippen LogP contribution in [0.5, 0.6) is 0 Å². The summed E-state index contributed by atoms with van der Waals surface area (Å²) in [5.41, 5.74) is 6.72. The Hall–Kier alpha value is -6.91. The summed E-state index contributed by atoms with van der Waals surface area (Å²) in [6, 6.07) is 57.4. The molecule has 0 radical (unpaired) electrons. The van der Waals surface area contributed by atoms with E-state index in [1.165, 1.54) is 48.7 Å². The first-order valence-corrected chi connectivity index (χ1v) is 17.2. The zero-order valence-electron chi connectivity index (χ0n) is 27.3. The van der Waals surface area contributed by atoms with E-state index in [1.807, 2.05) is 72.8 Å². The van der Waals surface area contributed by atoms with Crippen molar-refractivity contribution in [2.24, 2.45) is 0 Å². The summed E-state index contributed by atoms with van der Waals surface area (Å²) in [5.74, 6) is 1.87. The third-order valence-corrected chi connectivity index (χ3v) is 10.3. The van der Waals surface area contributed by atoms with E-state index < -0.39 is 0 Å². The molecule has 2 heterocycles. The van der Waals surface area contributed by atoms with Gasteiger partial charge in [0.05, 0.1) is 0 Å². The topological polar surface area (TPSA) is 51.8 Å². The van der Waals surface area contributed by atoms with Gasteiger partial charge in [-0.05, 0) is 72.4 Å². The fourth-order valence-corrected chi connectivity index (χ4v) is 8.01. The molecule has 0 aliphatic heterocycles. The summed E-state index contributed by atoms with van der Waals surface area (Å²) in [4.78, 5) is 15.0. The van der Waals surface area contributed by atoms with Crippen molar-refractivity contribution in [1.29, 1.82) is 0 Å². The van der Waals surface area contributed by atoms with Gasteiger partial charge in [0, 0.05) is 27.5 Å². The lowest BCUT2D eigenvalue weighted by Crippen LogP contribution is -2.00. The molecule has 4 nitrogen and oxygen atoms in total. The van der Waals surface area contributed by atoms with E-state index in [4.69, 9.17) is 19.4 Å². The quantitative estimate of drug-likeness (QED) is 0.141. The van der Waals surface area contributed by atoms with Gasteiger partial charge in [0.25, 0.3) is 0 Å². The Bertz CT molecular complexity index is 3020. The van der Waals surface area contributed by atoms with Crippen LogP contribution in [0, 0.1) is 0 Å². The highest BCUT2D eigenvalue weighted by Gasteiger charge is 2.20. The number of rotatable bonds is 4. The maximum Gasteiger partial charge on any atom is 0.164 e. The maximum absolute atomic E-state index is 6.49. The first kappa shape index (κ1) is 28.0. The molecule has 0 saturated heterocycles. The minimum atomic E-state index is 0.607. The Kier molecular flexibility index (Phi) is 5.92. The van der Waals surface area contributed by atoms with Crippen molar-refractivity contribution in [1.82, 2.24) is 15.0 Å². The molecule has 0 atom stereocenters. The average molecular weight is 650 g/mol. The Labute approximate surface area is 292 Å². The van der Waals surface area contributed by atoms with E-state index >= 15 is 0 Å². The number of hydrogen-bond donors (Lipinski definition) is 0. The summed E-state index contributed by atoms with van der Waals surface area (Å²) in [6.45, 7) is 0.